The highest BCUT2D eigenvalue weighted by Gasteiger charge is 2.55. The van der Waals surface area contributed by atoms with Crippen LogP contribution in [-0.4, -0.2) is 67.8 Å². The summed E-state index contributed by atoms with van der Waals surface area (Å²) in [5.74, 6) is -2.55. The van der Waals surface area contributed by atoms with Gasteiger partial charge < -0.3 is 29.9 Å². The standard InChI is InChI=1S/C34H54O8/c1-9-25(31-21(6)18-34(11-3,42-31)26-16-17-33(40,10-2)23(8)41-26)30(37)22(7)28(35)19(4)12-14-24-15-13-20(5)29(36)27(24)32(38)39/h13,15,19,21-23,25-26,28,31,35-36,40H,9-12,14,16-18H2,1-8H3,(H,38,39)/t19-,21+,22+,23+,25-,26-,28+,31+,33-,34+/m1/s1. The summed E-state index contributed by atoms with van der Waals surface area (Å²) in [6.07, 6.45) is 3.34. The molecule has 3 rings (SSSR count). The van der Waals surface area contributed by atoms with E-state index in [0.717, 1.165) is 12.8 Å². The average Bonchev–Trinajstić information content (AvgIpc) is 3.31. The number of aryl methyl sites for hydroxylation is 2. The average molecular weight is 591 g/mol. The van der Waals surface area contributed by atoms with Gasteiger partial charge >= 0.3 is 5.97 Å². The van der Waals surface area contributed by atoms with E-state index in [4.69, 9.17) is 9.47 Å². The summed E-state index contributed by atoms with van der Waals surface area (Å²) in [6.45, 7) is 15.4. The first-order chi connectivity index (χ1) is 19.7. The van der Waals surface area contributed by atoms with Crippen molar-refractivity contribution >= 4 is 11.8 Å². The number of aliphatic hydroxyl groups is 2. The van der Waals surface area contributed by atoms with E-state index in [2.05, 4.69) is 13.8 Å². The first-order valence-electron chi connectivity index (χ1n) is 16.0. The summed E-state index contributed by atoms with van der Waals surface area (Å²) < 4.78 is 13.2. The van der Waals surface area contributed by atoms with Gasteiger partial charge in [0.05, 0.1) is 35.6 Å². The van der Waals surface area contributed by atoms with E-state index >= 15 is 0 Å². The van der Waals surface area contributed by atoms with Crippen LogP contribution in [0.5, 0.6) is 5.75 Å². The lowest BCUT2D eigenvalue weighted by atomic mass is 9.76. The molecule has 2 saturated heterocycles. The maximum Gasteiger partial charge on any atom is 0.339 e. The summed E-state index contributed by atoms with van der Waals surface area (Å²) in [5, 5.41) is 42.1. The molecule has 2 aliphatic rings. The van der Waals surface area contributed by atoms with Crippen molar-refractivity contribution in [2.75, 3.05) is 0 Å². The molecule has 4 N–H and O–H groups in total. The first-order valence-corrected chi connectivity index (χ1v) is 16.0. The monoisotopic (exact) mass is 590 g/mol. The van der Waals surface area contributed by atoms with E-state index in [1.807, 2.05) is 27.7 Å². The molecule has 2 aliphatic heterocycles. The molecule has 42 heavy (non-hydrogen) atoms. The molecule has 2 heterocycles. The normalized spacial score (nSPS) is 32.7. The Bertz CT molecular complexity index is 1100. The number of hydrogen-bond donors (Lipinski definition) is 4. The number of carboxylic acid groups (broad SMARTS) is 1. The van der Waals surface area contributed by atoms with Crippen molar-refractivity contribution in [2.24, 2.45) is 23.7 Å². The third-order valence-electron chi connectivity index (χ3n) is 10.7. The second-order valence-corrected chi connectivity index (χ2v) is 13.2. The number of carbonyl (C=O) groups is 2. The Morgan fingerprint density at radius 1 is 1.12 bits per heavy atom. The zero-order chi connectivity index (χ0) is 31.6. The highest BCUT2D eigenvalue weighted by atomic mass is 16.6. The molecule has 2 fully saturated rings. The number of carboxylic acids is 1. The molecule has 0 amide bonds. The number of hydrogen-bond acceptors (Lipinski definition) is 7. The van der Waals surface area contributed by atoms with Crippen LogP contribution < -0.4 is 0 Å². The molecule has 8 nitrogen and oxygen atoms in total. The number of ketones is 1. The Hall–Kier alpha value is -2.00. The fourth-order valence-electron chi connectivity index (χ4n) is 7.45. The van der Waals surface area contributed by atoms with Crippen molar-refractivity contribution in [2.45, 2.75) is 142 Å². The molecule has 0 aliphatic carbocycles. The minimum Gasteiger partial charge on any atom is -0.507 e. The maximum absolute atomic E-state index is 13.9. The number of Topliss-reactive ketones (excluding diaryl/α,β-unsaturated/α-hetero) is 1. The van der Waals surface area contributed by atoms with Gasteiger partial charge in [0.1, 0.15) is 17.1 Å². The lowest BCUT2D eigenvalue weighted by Gasteiger charge is -2.47. The predicted octanol–water partition coefficient (Wildman–Crippen LogP) is 5.84. The van der Waals surface area contributed by atoms with Crippen molar-refractivity contribution < 1.29 is 39.5 Å². The highest BCUT2D eigenvalue weighted by molar-refractivity contribution is 5.93. The molecule has 1 aromatic rings. The van der Waals surface area contributed by atoms with Crippen molar-refractivity contribution in [1.82, 2.24) is 0 Å². The first kappa shape index (κ1) is 34.5. The SMILES string of the molecule is CC[C@H](C(=O)[C@@H](C)[C@@H](O)[C@H](C)CCc1ccc(C)c(O)c1C(=O)O)[C@H]1O[C@](CC)([C@H]2CC[C@](O)(CC)[C@H](C)O2)C[C@@H]1C. The molecule has 0 radical (unpaired) electrons. The smallest absolute Gasteiger partial charge is 0.339 e. The number of aromatic hydroxyl groups is 1. The lowest BCUT2D eigenvalue weighted by Crippen LogP contribution is -2.55. The van der Waals surface area contributed by atoms with Gasteiger partial charge in [-0.05, 0) is 88.2 Å². The van der Waals surface area contributed by atoms with Gasteiger partial charge in [-0.2, -0.15) is 0 Å². The summed E-state index contributed by atoms with van der Waals surface area (Å²) in [6, 6.07) is 3.40. The van der Waals surface area contributed by atoms with Crippen LogP contribution in [0.15, 0.2) is 12.1 Å². The van der Waals surface area contributed by atoms with Crippen LogP contribution in [0.25, 0.3) is 0 Å². The quantitative estimate of drug-likeness (QED) is 0.225. The Labute approximate surface area is 251 Å². The van der Waals surface area contributed by atoms with Crippen LogP contribution in [0.3, 0.4) is 0 Å². The van der Waals surface area contributed by atoms with Crippen LogP contribution in [0.1, 0.15) is 115 Å². The van der Waals surface area contributed by atoms with Crippen molar-refractivity contribution in [3.63, 3.8) is 0 Å². The molecular weight excluding hydrogens is 536 g/mol. The molecule has 238 valence electrons. The van der Waals surface area contributed by atoms with Gasteiger partial charge in [-0.3, -0.25) is 4.79 Å². The number of aromatic carboxylic acids is 1. The van der Waals surface area contributed by atoms with Crippen molar-refractivity contribution in [3.8, 4) is 5.75 Å². The molecule has 0 bridgehead atoms. The van der Waals surface area contributed by atoms with Gasteiger partial charge in [0.15, 0.2) is 0 Å². The van der Waals surface area contributed by atoms with Crippen molar-refractivity contribution in [3.05, 3.63) is 28.8 Å². The third-order valence-corrected chi connectivity index (χ3v) is 10.7. The minimum absolute atomic E-state index is 0.0157. The van der Waals surface area contributed by atoms with Crippen LogP contribution in [0.4, 0.5) is 0 Å². The largest absolute Gasteiger partial charge is 0.507 e. The van der Waals surface area contributed by atoms with Gasteiger partial charge in [0, 0.05) is 11.8 Å². The van der Waals surface area contributed by atoms with E-state index in [1.165, 1.54) is 0 Å². The van der Waals surface area contributed by atoms with E-state index < -0.39 is 29.2 Å². The molecule has 0 aromatic heterocycles. The fourth-order valence-corrected chi connectivity index (χ4v) is 7.45. The number of rotatable bonds is 13. The highest BCUT2D eigenvalue weighted by Crippen LogP contribution is 2.48. The summed E-state index contributed by atoms with van der Waals surface area (Å²) >= 11 is 0. The zero-order valence-corrected chi connectivity index (χ0v) is 26.9. The van der Waals surface area contributed by atoms with E-state index in [0.29, 0.717) is 49.7 Å². The Balaban J connectivity index is 1.69. The van der Waals surface area contributed by atoms with Crippen molar-refractivity contribution in [1.29, 1.82) is 0 Å². The molecule has 8 heteroatoms. The number of ether oxygens (including phenoxy) is 2. The predicted molar refractivity (Wildman–Crippen MR) is 162 cm³/mol. The fraction of sp³-hybridized carbons (Fsp3) is 0.765. The van der Waals surface area contributed by atoms with Crippen LogP contribution >= 0.6 is 0 Å². The lowest BCUT2D eigenvalue weighted by molar-refractivity contribution is -0.229. The van der Waals surface area contributed by atoms with Crippen LogP contribution in [0.2, 0.25) is 0 Å². The molecule has 0 unspecified atom stereocenters. The number of aliphatic hydroxyl groups excluding tert-OH is 1. The van der Waals surface area contributed by atoms with Gasteiger partial charge in [-0.1, -0.05) is 53.7 Å². The summed E-state index contributed by atoms with van der Waals surface area (Å²) in [7, 11) is 0. The number of carbonyl (C=O) groups excluding carboxylic acids is 1. The summed E-state index contributed by atoms with van der Waals surface area (Å²) in [4.78, 5) is 25.7. The van der Waals surface area contributed by atoms with Gasteiger partial charge in [0.25, 0.3) is 0 Å². The van der Waals surface area contributed by atoms with E-state index in [1.54, 1.807) is 26.0 Å². The van der Waals surface area contributed by atoms with Gasteiger partial charge in [-0.25, -0.2) is 4.79 Å². The van der Waals surface area contributed by atoms with Gasteiger partial charge in [-0.15, -0.1) is 0 Å². The van der Waals surface area contributed by atoms with Crippen LogP contribution in [0, 0.1) is 30.6 Å². The molecule has 0 saturated carbocycles. The molecular formula is C34H54O8. The Kier molecular flexibility index (Phi) is 11.3. The Morgan fingerprint density at radius 3 is 2.33 bits per heavy atom. The van der Waals surface area contributed by atoms with Crippen LogP contribution in [-0.2, 0) is 20.7 Å². The summed E-state index contributed by atoms with van der Waals surface area (Å²) in [5.41, 5.74) is -0.437. The minimum atomic E-state index is -1.18. The number of phenols is 1. The zero-order valence-electron chi connectivity index (χ0n) is 26.9. The Morgan fingerprint density at radius 2 is 1.79 bits per heavy atom. The number of benzene rings is 1. The van der Waals surface area contributed by atoms with Gasteiger partial charge in [0.2, 0.25) is 0 Å². The molecule has 10 atom stereocenters. The topological polar surface area (TPSA) is 134 Å². The second-order valence-electron chi connectivity index (χ2n) is 13.2. The second kappa shape index (κ2) is 13.7. The maximum atomic E-state index is 13.9. The van der Waals surface area contributed by atoms with E-state index in [-0.39, 0.29) is 53.2 Å². The van der Waals surface area contributed by atoms with E-state index in [9.17, 15) is 30.0 Å². The molecule has 1 aromatic carbocycles. The molecule has 0 spiro atoms. The third kappa shape index (κ3) is 6.72.